The minimum absolute atomic E-state index is 0.0120. The molecule has 0 aliphatic carbocycles. The molecule has 1 aromatic rings. The monoisotopic (exact) mass is 240 g/mol. The highest BCUT2D eigenvalue weighted by Gasteiger charge is 2.21. The Morgan fingerprint density at radius 3 is 3.36 bits per heavy atom. The first-order chi connectivity index (χ1) is 7.18. The molecule has 1 aliphatic heterocycles. The second kappa shape index (κ2) is 3.08. The largest absolute Gasteiger partial charge is 0.462 e. The maximum Gasteiger partial charge on any atom is 0.274 e. The van der Waals surface area contributed by atoms with Crippen molar-refractivity contribution in [3.8, 4) is 5.19 Å². The molecule has 1 aromatic heterocycles. The molecule has 0 unspecified atom stereocenters. The van der Waals surface area contributed by atoms with Gasteiger partial charge in [-0.05, 0) is 15.9 Å². The van der Waals surface area contributed by atoms with E-state index in [1.54, 1.807) is 0 Å². The van der Waals surface area contributed by atoms with Gasteiger partial charge < -0.3 is 9.47 Å². The van der Waals surface area contributed by atoms with E-state index in [2.05, 4.69) is 25.7 Å². The van der Waals surface area contributed by atoms with Crippen LogP contribution in [0.3, 0.4) is 0 Å². The summed E-state index contributed by atoms with van der Waals surface area (Å²) in [6, 6.07) is 0. The third kappa shape index (κ3) is 1.72. The van der Waals surface area contributed by atoms with Gasteiger partial charge >= 0.3 is 0 Å². The number of halogens is 1. The molecule has 0 atom stereocenters. The molecule has 1 fully saturated rings. The Labute approximate surface area is 83.5 Å². The van der Waals surface area contributed by atoms with Crippen molar-refractivity contribution < 1.29 is 16.3 Å². The first-order valence-corrected chi connectivity index (χ1v) is 4.29. The van der Waals surface area contributed by atoms with Crippen LogP contribution in [-0.2, 0) is 4.74 Å². The zero-order valence-electron chi connectivity index (χ0n) is 10.1. The summed E-state index contributed by atoms with van der Waals surface area (Å²) in [5.74, 6) is 0. The van der Waals surface area contributed by atoms with Crippen LogP contribution in [0.2, 0.25) is 0 Å². The van der Waals surface area contributed by atoms with Crippen molar-refractivity contribution in [2.24, 2.45) is 0 Å². The molecule has 3 nitrogen and oxygen atoms in total. The molecule has 11 heavy (non-hydrogen) atoms. The van der Waals surface area contributed by atoms with E-state index in [1.807, 2.05) is 0 Å². The summed E-state index contributed by atoms with van der Waals surface area (Å²) in [6.07, 6.45) is -1.02. The topological polar surface area (TPSA) is 31.4 Å². The molecule has 5 heteroatoms. The summed E-state index contributed by atoms with van der Waals surface area (Å²) in [5.41, 5.74) is 0. The minimum Gasteiger partial charge on any atom is -0.462 e. The first-order valence-electron chi connectivity index (χ1n) is 5.18. The molecule has 1 saturated heterocycles. The Morgan fingerprint density at radius 2 is 2.82 bits per heavy atom. The second-order valence-corrected chi connectivity index (χ2v) is 4.04. The van der Waals surface area contributed by atoms with E-state index >= 15 is 0 Å². The van der Waals surface area contributed by atoms with Crippen LogP contribution < -0.4 is 4.74 Å². The molecule has 1 aliphatic rings. The van der Waals surface area contributed by atoms with Gasteiger partial charge in [-0.15, -0.1) is 0 Å². The molecule has 0 saturated carbocycles. The van der Waals surface area contributed by atoms with Crippen LogP contribution in [0.5, 0.6) is 5.19 Å². The minimum atomic E-state index is -2.51. The van der Waals surface area contributed by atoms with Crippen molar-refractivity contribution in [2.75, 3.05) is 13.1 Å². The Morgan fingerprint density at radius 1 is 2.00 bits per heavy atom. The number of hydrogen-bond acceptors (Lipinski definition) is 4. The van der Waals surface area contributed by atoms with Crippen LogP contribution in [0, 0.1) is 0 Å². The molecule has 0 bridgehead atoms. The van der Waals surface area contributed by atoms with Gasteiger partial charge in [0.2, 0.25) is 0 Å². The molecule has 0 spiro atoms. The fraction of sp³-hybridized carbons (Fsp3) is 0.500. The van der Waals surface area contributed by atoms with Crippen molar-refractivity contribution in [2.45, 2.75) is 6.08 Å². The molecular weight excluding hydrogens is 230 g/mol. The van der Waals surface area contributed by atoms with Crippen LogP contribution >= 0.6 is 27.3 Å². The summed E-state index contributed by atoms with van der Waals surface area (Å²) in [6.45, 7) is -5.01. The van der Waals surface area contributed by atoms with E-state index in [0.29, 0.717) is 3.79 Å². The zero-order valence-corrected chi connectivity index (χ0v) is 7.53. The van der Waals surface area contributed by atoms with E-state index < -0.39 is 19.2 Å². The highest BCUT2D eigenvalue weighted by molar-refractivity contribution is 9.11. The van der Waals surface area contributed by atoms with Crippen LogP contribution in [0.1, 0.15) is 6.85 Å². The molecule has 0 radical (unpaired) electrons. The van der Waals surface area contributed by atoms with Crippen LogP contribution in [0.25, 0.3) is 0 Å². The Balaban J connectivity index is 2.25. The standard InChI is InChI=1S/C6H6BrNO2S/c7-5-1-8-6(11-5)10-4-2-9-3-4/h1,4H,2-3H2/i2D2,3D2,4D. The summed E-state index contributed by atoms with van der Waals surface area (Å²) in [7, 11) is 0. The fourth-order valence-electron chi connectivity index (χ4n) is 0.508. The van der Waals surface area contributed by atoms with Gasteiger partial charge in [-0.3, -0.25) is 0 Å². The smallest absolute Gasteiger partial charge is 0.274 e. The average molecular weight is 241 g/mol. The average Bonchev–Trinajstić information content (AvgIpc) is 2.48. The van der Waals surface area contributed by atoms with E-state index in [0.717, 1.165) is 11.3 Å². The summed E-state index contributed by atoms with van der Waals surface area (Å²) in [5, 5.41) is 0.0120. The fourth-order valence-corrected chi connectivity index (χ4v) is 1.53. The number of hydrogen-bond donors (Lipinski definition) is 0. The van der Waals surface area contributed by atoms with Gasteiger partial charge in [-0.1, -0.05) is 11.3 Å². The van der Waals surface area contributed by atoms with E-state index in [9.17, 15) is 0 Å². The molecular formula is C6H6BrNO2S. The number of thiazole rings is 1. The van der Waals surface area contributed by atoms with Gasteiger partial charge in [-0.2, -0.15) is 0 Å². The second-order valence-electron chi connectivity index (χ2n) is 1.67. The SMILES string of the molecule is [2H]C1([2H])OC([2H])([2H])C1([2H])Oc1ncc(Br)s1. The molecule has 0 aromatic carbocycles. The number of ether oxygens (including phenoxy) is 2. The van der Waals surface area contributed by atoms with Crippen LogP contribution in [0.4, 0.5) is 0 Å². The van der Waals surface area contributed by atoms with E-state index in [4.69, 9.17) is 11.6 Å². The van der Waals surface area contributed by atoms with Crippen LogP contribution in [0.15, 0.2) is 9.98 Å². The molecule has 0 N–H and O–H groups in total. The zero-order chi connectivity index (χ0) is 12.2. The van der Waals surface area contributed by atoms with Crippen molar-refractivity contribution in [1.29, 1.82) is 0 Å². The Hall–Kier alpha value is -0.130. The molecule has 0 amide bonds. The predicted molar refractivity (Wildman–Crippen MR) is 45.0 cm³/mol. The lowest BCUT2D eigenvalue weighted by Crippen LogP contribution is -2.38. The summed E-state index contributed by atoms with van der Waals surface area (Å²) in [4.78, 5) is 3.75. The van der Waals surface area contributed by atoms with Gasteiger partial charge in [-0.25, -0.2) is 4.98 Å². The first kappa shape index (κ1) is 3.72. The van der Waals surface area contributed by atoms with Crippen molar-refractivity contribution in [3.63, 3.8) is 0 Å². The summed E-state index contributed by atoms with van der Waals surface area (Å²) < 4.78 is 46.8. The molecule has 2 rings (SSSR count). The van der Waals surface area contributed by atoms with Gasteiger partial charge in [0, 0.05) is 0 Å². The van der Waals surface area contributed by atoms with E-state index in [1.165, 1.54) is 6.20 Å². The van der Waals surface area contributed by atoms with Gasteiger partial charge in [0.1, 0.15) is 6.08 Å². The van der Waals surface area contributed by atoms with Crippen molar-refractivity contribution in [1.82, 2.24) is 4.98 Å². The summed E-state index contributed by atoms with van der Waals surface area (Å²) >= 11 is 4.17. The van der Waals surface area contributed by atoms with E-state index in [-0.39, 0.29) is 5.19 Å². The number of aromatic nitrogens is 1. The Bertz CT molecular complexity index is 411. The highest BCUT2D eigenvalue weighted by Crippen LogP contribution is 2.26. The quantitative estimate of drug-likeness (QED) is 0.789. The van der Waals surface area contributed by atoms with Gasteiger partial charge in [0.25, 0.3) is 5.19 Å². The lowest BCUT2D eigenvalue weighted by molar-refractivity contribution is -0.0797. The van der Waals surface area contributed by atoms with Crippen molar-refractivity contribution >= 4 is 27.3 Å². The van der Waals surface area contributed by atoms with Gasteiger partial charge in [0.05, 0.1) is 30.0 Å². The van der Waals surface area contributed by atoms with Gasteiger partial charge in [0.15, 0.2) is 0 Å². The van der Waals surface area contributed by atoms with Crippen molar-refractivity contribution in [3.05, 3.63) is 9.98 Å². The highest BCUT2D eigenvalue weighted by atomic mass is 79.9. The third-order valence-electron chi connectivity index (χ3n) is 0.933. The maximum absolute atomic E-state index is 7.67. The normalized spacial score (nSPS) is 36.6. The maximum atomic E-state index is 7.67. The third-order valence-corrected chi connectivity index (χ3v) is 2.29. The predicted octanol–water partition coefficient (Wildman–Crippen LogP) is 1.68. The lowest BCUT2D eigenvalue weighted by atomic mass is 10.3. The van der Waals surface area contributed by atoms with Crippen LogP contribution in [-0.4, -0.2) is 24.2 Å². The Kier molecular flexibility index (Phi) is 1.04. The molecule has 60 valence electrons. The number of rotatable bonds is 2. The lowest BCUT2D eigenvalue weighted by Gasteiger charge is -2.24. The molecule has 2 heterocycles. The number of nitrogens with zero attached hydrogens (tertiary/aromatic N) is 1.